The summed E-state index contributed by atoms with van der Waals surface area (Å²) in [7, 11) is 0. The van der Waals surface area contributed by atoms with Gasteiger partial charge in [0.05, 0.1) is 11.0 Å². The number of carbonyl (C=O) groups excluding carboxylic acids is 1. The topological polar surface area (TPSA) is 37.3 Å². The van der Waals surface area contributed by atoms with Crippen LogP contribution in [0.1, 0.15) is 27.7 Å². The molecule has 2 fully saturated rings. The van der Waals surface area contributed by atoms with Gasteiger partial charge in [-0.3, -0.25) is 4.79 Å². The second-order valence-corrected chi connectivity index (χ2v) is 5.05. The average Bonchev–Trinajstić information content (AvgIpc) is 2.55. The second-order valence-electron chi connectivity index (χ2n) is 5.05. The predicted molar refractivity (Wildman–Crippen MR) is 45.6 cm³/mol. The lowest BCUT2D eigenvalue weighted by Crippen LogP contribution is -2.45. The van der Waals surface area contributed by atoms with Gasteiger partial charge < -0.3 is 5.11 Å². The van der Waals surface area contributed by atoms with Gasteiger partial charge in [0.15, 0.2) is 0 Å². The van der Waals surface area contributed by atoms with Crippen molar-refractivity contribution in [3.63, 3.8) is 0 Å². The van der Waals surface area contributed by atoms with Gasteiger partial charge in [-0.1, -0.05) is 20.8 Å². The predicted octanol–water partition coefficient (Wildman–Crippen LogP) is 1.23. The van der Waals surface area contributed by atoms with E-state index in [0.29, 0.717) is 5.92 Å². The minimum atomic E-state index is -0.784. The summed E-state index contributed by atoms with van der Waals surface area (Å²) in [6.45, 7) is 7.57. The van der Waals surface area contributed by atoms with Crippen LogP contribution in [-0.4, -0.2) is 16.5 Å². The Bertz CT molecular complexity index is 253. The third kappa shape index (κ3) is 0.598. The van der Waals surface area contributed by atoms with Crippen LogP contribution in [0.5, 0.6) is 0 Å². The third-order valence-corrected chi connectivity index (χ3v) is 4.21. The molecule has 4 atom stereocenters. The number of Topliss-reactive ketones (excluding diaryl/α,β-unsaturated/α-hetero) is 1. The lowest BCUT2D eigenvalue weighted by molar-refractivity contribution is -0.137. The Kier molecular flexibility index (Phi) is 1.21. The molecule has 4 unspecified atom stereocenters. The molecule has 2 aliphatic carbocycles. The normalized spacial score (nSPS) is 55.4. The van der Waals surface area contributed by atoms with Crippen molar-refractivity contribution in [2.24, 2.45) is 23.2 Å². The van der Waals surface area contributed by atoms with Gasteiger partial charge in [0, 0.05) is 11.8 Å². The molecule has 0 amide bonds. The Hall–Kier alpha value is -0.370. The molecule has 0 spiro atoms. The fraction of sp³-hybridized carbons (Fsp3) is 0.900. The summed E-state index contributed by atoms with van der Waals surface area (Å²) in [5.41, 5.74) is -1.32. The molecule has 0 heterocycles. The Morgan fingerprint density at radius 2 is 1.83 bits per heavy atom. The Morgan fingerprint density at radius 3 is 2.08 bits per heavy atom. The Morgan fingerprint density at radius 1 is 1.33 bits per heavy atom. The number of rotatable bonds is 0. The molecule has 0 saturated heterocycles. The van der Waals surface area contributed by atoms with Crippen molar-refractivity contribution < 1.29 is 9.90 Å². The number of ketones is 1. The highest BCUT2D eigenvalue weighted by Crippen LogP contribution is 2.66. The summed E-state index contributed by atoms with van der Waals surface area (Å²) in [6, 6.07) is 0. The van der Waals surface area contributed by atoms with E-state index >= 15 is 0 Å². The van der Waals surface area contributed by atoms with E-state index in [1.54, 1.807) is 6.92 Å². The van der Waals surface area contributed by atoms with Crippen molar-refractivity contribution in [2.75, 3.05) is 0 Å². The Balaban J connectivity index is 2.42. The molecule has 68 valence electrons. The maximum absolute atomic E-state index is 11.7. The van der Waals surface area contributed by atoms with Gasteiger partial charge in [0.2, 0.25) is 0 Å². The summed E-state index contributed by atoms with van der Waals surface area (Å²) in [6.07, 6.45) is 0. The molecule has 2 saturated carbocycles. The van der Waals surface area contributed by atoms with Crippen molar-refractivity contribution in [2.45, 2.75) is 33.3 Å². The molecule has 2 rings (SSSR count). The van der Waals surface area contributed by atoms with Gasteiger partial charge in [0.25, 0.3) is 0 Å². The monoisotopic (exact) mass is 168 g/mol. The fourth-order valence-corrected chi connectivity index (χ4v) is 2.81. The van der Waals surface area contributed by atoms with Crippen LogP contribution < -0.4 is 0 Å². The number of fused-ring (bicyclic) bond motifs is 1. The first-order valence-electron chi connectivity index (χ1n) is 4.58. The summed E-state index contributed by atoms with van der Waals surface area (Å²) < 4.78 is 0. The first-order chi connectivity index (χ1) is 5.32. The highest BCUT2D eigenvalue weighted by molar-refractivity contribution is 5.94. The third-order valence-electron chi connectivity index (χ3n) is 4.21. The molecule has 0 bridgehead atoms. The molecular formula is C10H16O2. The summed E-state index contributed by atoms with van der Waals surface area (Å²) >= 11 is 0. The van der Waals surface area contributed by atoms with E-state index in [4.69, 9.17) is 0 Å². The van der Waals surface area contributed by atoms with E-state index in [1.165, 1.54) is 0 Å². The van der Waals surface area contributed by atoms with E-state index in [0.717, 1.165) is 0 Å². The van der Waals surface area contributed by atoms with Crippen LogP contribution in [-0.2, 0) is 4.79 Å². The molecule has 0 aliphatic heterocycles. The molecule has 0 aromatic heterocycles. The van der Waals surface area contributed by atoms with E-state index in [2.05, 4.69) is 6.92 Å². The van der Waals surface area contributed by atoms with E-state index < -0.39 is 11.0 Å². The van der Waals surface area contributed by atoms with Crippen LogP contribution in [0.4, 0.5) is 0 Å². The number of hydrogen-bond donors (Lipinski definition) is 1. The van der Waals surface area contributed by atoms with Crippen LogP contribution in [0.3, 0.4) is 0 Å². The SMILES string of the molecule is CC1C2C(=O)C(C)(C)C(C)(O)C12. The van der Waals surface area contributed by atoms with Crippen LogP contribution in [0.25, 0.3) is 0 Å². The highest BCUT2D eigenvalue weighted by atomic mass is 16.3. The van der Waals surface area contributed by atoms with Crippen LogP contribution in [0.15, 0.2) is 0 Å². The van der Waals surface area contributed by atoms with Crippen molar-refractivity contribution in [1.82, 2.24) is 0 Å². The first-order valence-corrected chi connectivity index (χ1v) is 4.58. The molecule has 0 aromatic carbocycles. The molecule has 0 radical (unpaired) electrons. The number of aliphatic hydroxyl groups is 1. The van der Waals surface area contributed by atoms with Gasteiger partial charge in [-0.05, 0) is 12.8 Å². The maximum atomic E-state index is 11.7. The van der Waals surface area contributed by atoms with Gasteiger partial charge in [0.1, 0.15) is 5.78 Å². The van der Waals surface area contributed by atoms with E-state index in [1.807, 2.05) is 13.8 Å². The molecule has 12 heavy (non-hydrogen) atoms. The standard InChI is InChI=1S/C10H16O2/c1-5-6-7(5)10(4,12)9(2,3)8(6)11/h5-7,12H,1-4H3. The second kappa shape index (κ2) is 1.77. The molecule has 2 aliphatic rings. The zero-order valence-corrected chi connectivity index (χ0v) is 8.09. The fourth-order valence-electron chi connectivity index (χ4n) is 2.81. The molecule has 0 aromatic rings. The minimum Gasteiger partial charge on any atom is -0.389 e. The van der Waals surface area contributed by atoms with Crippen molar-refractivity contribution in [3.05, 3.63) is 0 Å². The largest absolute Gasteiger partial charge is 0.389 e. The van der Waals surface area contributed by atoms with Crippen LogP contribution in [0, 0.1) is 23.2 Å². The van der Waals surface area contributed by atoms with Crippen LogP contribution in [0.2, 0.25) is 0 Å². The van der Waals surface area contributed by atoms with Gasteiger partial charge >= 0.3 is 0 Å². The average molecular weight is 168 g/mol. The summed E-state index contributed by atoms with van der Waals surface area (Å²) in [5.74, 6) is 1.03. The van der Waals surface area contributed by atoms with Crippen molar-refractivity contribution >= 4 is 5.78 Å². The Labute approximate surface area is 73.0 Å². The molecule has 2 nitrogen and oxygen atoms in total. The van der Waals surface area contributed by atoms with E-state index in [9.17, 15) is 9.90 Å². The van der Waals surface area contributed by atoms with Gasteiger partial charge in [-0.25, -0.2) is 0 Å². The number of carbonyl (C=O) groups is 1. The highest BCUT2D eigenvalue weighted by Gasteiger charge is 2.73. The smallest absolute Gasteiger partial charge is 0.145 e. The quantitative estimate of drug-likeness (QED) is 0.590. The van der Waals surface area contributed by atoms with Crippen molar-refractivity contribution in [3.8, 4) is 0 Å². The first kappa shape index (κ1) is 8.24. The van der Waals surface area contributed by atoms with Crippen molar-refractivity contribution in [1.29, 1.82) is 0 Å². The number of hydrogen-bond acceptors (Lipinski definition) is 2. The zero-order chi connectivity index (χ0) is 9.31. The zero-order valence-electron chi connectivity index (χ0n) is 8.09. The summed E-state index contributed by atoms with van der Waals surface area (Å²) in [4.78, 5) is 11.7. The lowest BCUT2D eigenvalue weighted by atomic mass is 9.73. The summed E-state index contributed by atoms with van der Waals surface area (Å²) in [5, 5.41) is 10.2. The van der Waals surface area contributed by atoms with Gasteiger partial charge in [-0.2, -0.15) is 0 Å². The molecule has 2 heteroatoms. The lowest BCUT2D eigenvalue weighted by Gasteiger charge is -2.35. The van der Waals surface area contributed by atoms with Gasteiger partial charge in [-0.15, -0.1) is 0 Å². The minimum absolute atomic E-state index is 0.148. The maximum Gasteiger partial charge on any atom is 0.145 e. The van der Waals surface area contributed by atoms with Crippen LogP contribution >= 0.6 is 0 Å². The molecular weight excluding hydrogens is 152 g/mol. The van der Waals surface area contributed by atoms with E-state index in [-0.39, 0.29) is 17.6 Å². The molecule has 1 N–H and O–H groups in total.